The van der Waals surface area contributed by atoms with Crippen molar-refractivity contribution < 1.29 is 19.3 Å². The first-order chi connectivity index (χ1) is 7.74. The highest BCUT2D eigenvalue weighted by Gasteiger charge is 2.16. The van der Waals surface area contributed by atoms with Gasteiger partial charge in [-0.25, -0.2) is 0 Å². The van der Waals surface area contributed by atoms with Crippen LogP contribution in [0.4, 0.5) is 0 Å². The van der Waals surface area contributed by atoms with Crippen molar-refractivity contribution in [1.82, 2.24) is 0 Å². The van der Waals surface area contributed by atoms with Crippen molar-refractivity contribution in [3.63, 3.8) is 0 Å². The minimum absolute atomic E-state index is 0.0340. The van der Waals surface area contributed by atoms with Gasteiger partial charge in [0, 0.05) is 0 Å². The lowest BCUT2D eigenvalue weighted by Gasteiger charge is -2.15. The summed E-state index contributed by atoms with van der Waals surface area (Å²) in [4.78, 5) is 0. The van der Waals surface area contributed by atoms with E-state index in [4.69, 9.17) is 31.4 Å². The summed E-state index contributed by atoms with van der Waals surface area (Å²) in [6, 6.07) is 2.88. The summed E-state index contributed by atoms with van der Waals surface area (Å²) >= 11 is 0. The normalized spacial score (nSPS) is 9.94. The molecule has 0 heterocycles. The minimum Gasteiger partial charge on any atom is -0.504 e. The molecule has 7 heteroatoms. The number of nitrogens with two attached hydrogens (primary N) is 3. The molecule has 0 aromatic heterocycles. The molecule has 7 nitrogen and oxygen atoms in total. The molecule has 1 aromatic carbocycles. The summed E-state index contributed by atoms with van der Waals surface area (Å²) in [6.07, 6.45) is 0. The second-order valence-electron chi connectivity index (χ2n) is 2.67. The molecule has 0 spiro atoms. The van der Waals surface area contributed by atoms with E-state index in [2.05, 4.69) is 0 Å². The Hall–Kier alpha value is -1.70. The van der Waals surface area contributed by atoms with Gasteiger partial charge in [-0.1, -0.05) is 0 Å². The van der Waals surface area contributed by atoms with Gasteiger partial charge in [0.15, 0.2) is 11.5 Å². The van der Waals surface area contributed by atoms with Crippen LogP contribution < -0.4 is 31.4 Å². The van der Waals surface area contributed by atoms with Gasteiger partial charge in [0.25, 0.3) is 0 Å². The van der Waals surface area contributed by atoms with Gasteiger partial charge in [-0.15, -0.1) is 0 Å². The lowest BCUT2D eigenvalue weighted by atomic mass is 10.2. The molecule has 0 bridgehead atoms. The SMILES string of the molecule is NCOc1ccc(O)c(OCN)c1OCN. The summed E-state index contributed by atoms with van der Waals surface area (Å²) < 4.78 is 15.2. The summed E-state index contributed by atoms with van der Waals surface area (Å²) in [5.74, 6) is 0.477. The largest absolute Gasteiger partial charge is 0.504 e. The van der Waals surface area contributed by atoms with Crippen LogP contribution in [0.5, 0.6) is 23.0 Å². The highest BCUT2D eigenvalue weighted by molar-refractivity contribution is 5.58. The molecule has 0 aliphatic rings. The lowest BCUT2D eigenvalue weighted by Crippen LogP contribution is -2.14. The molecule has 0 aliphatic heterocycles. The summed E-state index contributed by atoms with van der Waals surface area (Å²) in [5.41, 5.74) is 15.7. The van der Waals surface area contributed by atoms with E-state index in [1.54, 1.807) is 0 Å². The molecule has 0 aliphatic carbocycles. The maximum Gasteiger partial charge on any atom is 0.209 e. The first-order valence-corrected chi connectivity index (χ1v) is 4.59. The molecule has 0 amide bonds. The van der Waals surface area contributed by atoms with Crippen molar-refractivity contribution in [2.75, 3.05) is 20.2 Å². The average molecular weight is 229 g/mol. The molecule has 1 rings (SSSR count). The van der Waals surface area contributed by atoms with Gasteiger partial charge in [0.2, 0.25) is 11.5 Å². The van der Waals surface area contributed by atoms with E-state index in [9.17, 15) is 5.11 Å². The Balaban J connectivity index is 3.14. The van der Waals surface area contributed by atoms with Crippen LogP contribution in [0.25, 0.3) is 0 Å². The third-order valence-corrected chi connectivity index (χ3v) is 1.75. The van der Waals surface area contributed by atoms with Crippen LogP contribution in [0.1, 0.15) is 0 Å². The molecule has 7 N–H and O–H groups in total. The molecule has 0 unspecified atom stereocenters. The monoisotopic (exact) mass is 229 g/mol. The Labute approximate surface area is 92.7 Å². The summed E-state index contributed by atoms with van der Waals surface area (Å²) in [7, 11) is 0. The van der Waals surface area contributed by atoms with Crippen molar-refractivity contribution in [3.8, 4) is 23.0 Å². The predicted molar refractivity (Wildman–Crippen MR) is 57.2 cm³/mol. The zero-order valence-corrected chi connectivity index (χ0v) is 8.68. The zero-order valence-electron chi connectivity index (χ0n) is 8.68. The molecule has 0 radical (unpaired) electrons. The Morgan fingerprint density at radius 2 is 1.44 bits per heavy atom. The van der Waals surface area contributed by atoms with Crippen LogP contribution in [0.2, 0.25) is 0 Å². The number of ether oxygens (including phenoxy) is 3. The molecule has 16 heavy (non-hydrogen) atoms. The van der Waals surface area contributed by atoms with Crippen LogP contribution in [-0.4, -0.2) is 25.3 Å². The number of aromatic hydroxyl groups is 1. The molecule has 0 saturated heterocycles. The van der Waals surface area contributed by atoms with E-state index < -0.39 is 0 Å². The molecule has 90 valence electrons. The number of hydrogen-bond donors (Lipinski definition) is 4. The van der Waals surface area contributed by atoms with Gasteiger partial charge in [0.05, 0.1) is 0 Å². The lowest BCUT2D eigenvalue weighted by molar-refractivity contribution is 0.244. The number of benzene rings is 1. The van der Waals surface area contributed by atoms with Gasteiger partial charge >= 0.3 is 0 Å². The quantitative estimate of drug-likeness (QED) is 0.474. The minimum atomic E-state index is -0.113. The first kappa shape index (κ1) is 12.4. The van der Waals surface area contributed by atoms with Crippen LogP contribution in [-0.2, 0) is 0 Å². The van der Waals surface area contributed by atoms with Crippen LogP contribution in [0, 0.1) is 0 Å². The van der Waals surface area contributed by atoms with E-state index in [1.807, 2.05) is 0 Å². The van der Waals surface area contributed by atoms with Crippen LogP contribution >= 0.6 is 0 Å². The highest BCUT2D eigenvalue weighted by atomic mass is 16.6. The van der Waals surface area contributed by atoms with E-state index in [0.29, 0.717) is 5.75 Å². The topological polar surface area (TPSA) is 126 Å². The average Bonchev–Trinajstić information content (AvgIpc) is 2.27. The van der Waals surface area contributed by atoms with Gasteiger partial charge in [-0.3, -0.25) is 17.2 Å². The molecule has 0 atom stereocenters. The molecule has 1 aromatic rings. The van der Waals surface area contributed by atoms with E-state index in [-0.39, 0.29) is 37.4 Å². The predicted octanol–water partition coefficient (Wildman–Crippen LogP) is -0.723. The Morgan fingerprint density at radius 3 is 2.00 bits per heavy atom. The second-order valence-corrected chi connectivity index (χ2v) is 2.67. The van der Waals surface area contributed by atoms with Crippen molar-refractivity contribution >= 4 is 0 Å². The Kier molecular flexibility index (Phi) is 4.65. The fourth-order valence-electron chi connectivity index (χ4n) is 1.18. The Bertz CT molecular complexity index is 346. The van der Waals surface area contributed by atoms with E-state index >= 15 is 0 Å². The third-order valence-electron chi connectivity index (χ3n) is 1.75. The highest BCUT2D eigenvalue weighted by Crippen LogP contribution is 2.43. The van der Waals surface area contributed by atoms with Crippen molar-refractivity contribution in [1.29, 1.82) is 0 Å². The maximum absolute atomic E-state index is 9.55. The molecule has 0 fully saturated rings. The molecular weight excluding hydrogens is 214 g/mol. The van der Waals surface area contributed by atoms with E-state index in [0.717, 1.165) is 0 Å². The molecular formula is C9H15N3O4. The summed E-state index contributed by atoms with van der Waals surface area (Å²) in [6.45, 7) is -0.236. The molecule has 0 saturated carbocycles. The van der Waals surface area contributed by atoms with Gasteiger partial charge in [-0.2, -0.15) is 0 Å². The third kappa shape index (κ3) is 2.66. The second kappa shape index (κ2) is 6.01. The van der Waals surface area contributed by atoms with Gasteiger partial charge in [-0.05, 0) is 12.1 Å². The number of phenols is 1. The number of hydrogen-bond acceptors (Lipinski definition) is 7. The van der Waals surface area contributed by atoms with Crippen molar-refractivity contribution in [2.45, 2.75) is 0 Å². The smallest absolute Gasteiger partial charge is 0.209 e. The number of rotatable bonds is 6. The van der Waals surface area contributed by atoms with Crippen molar-refractivity contribution in [2.24, 2.45) is 17.2 Å². The fourth-order valence-corrected chi connectivity index (χ4v) is 1.18. The zero-order chi connectivity index (χ0) is 12.0. The van der Waals surface area contributed by atoms with Crippen LogP contribution in [0.3, 0.4) is 0 Å². The summed E-state index contributed by atoms with van der Waals surface area (Å²) in [5, 5.41) is 9.55. The maximum atomic E-state index is 9.55. The number of phenolic OH excluding ortho intramolecular Hbond substituents is 1. The first-order valence-electron chi connectivity index (χ1n) is 4.59. The van der Waals surface area contributed by atoms with Crippen LogP contribution in [0.15, 0.2) is 12.1 Å². The van der Waals surface area contributed by atoms with Crippen molar-refractivity contribution in [3.05, 3.63) is 12.1 Å². The Morgan fingerprint density at radius 1 is 0.875 bits per heavy atom. The fraction of sp³-hybridized carbons (Fsp3) is 0.333. The van der Waals surface area contributed by atoms with Gasteiger partial charge in [0.1, 0.15) is 20.2 Å². The van der Waals surface area contributed by atoms with Gasteiger partial charge < -0.3 is 19.3 Å². The van der Waals surface area contributed by atoms with E-state index in [1.165, 1.54) is 12.1 Å². The standard InChI is InChI=1S/C9H15N3O4/c10-3-14-7-2-1-6(13)8(15-4-11)9(7)16-5-12/h1-2,13H,3-5,10-12H2.